The number of halogens is 1. The van der Waals surface area contributed by atoms with Crippen LogP contribution in [-0.2, 0) is 17.8 Å². The second kappa shape index (κ2) is 5.51. The molecule has 0 amide bonds. The third-order valence-corrected chi connectivity index (χ3v) is 5.73. The monoisotopic (exact) mass is 345 g/mol. The van der Waals surface area contributed by atoms with Gasteiger partial charge in [-0.2, -0.15) is 0 Å². The van der Waals surface area contributed by atoms with E-state index < -0.39 is 11.8 Å². The molecule has 3 fully saturated rings. The Hall–Kier alpha value is -1.99. The average molecular weight is 345 g/mol. The molecule has 5 rings (SSSR count). The van der Waals surface area contributed by atoms with Crippen LogP contribution in [0.2, 0.25) is 0 Å². The Morgan fingerprint density at radius 2 is 2.12 bits per heavy atom. The predicted octanol–water partition coefficient (Wildman–Crippen LogP) is 2.11. The molecule has 25 heavy (non-hydrogen) atoms. The van der Waals surface area contributed by atoms with Gasteiger partial charge in [-0.3, -0.25) is 4.90 Å². The molecule has 1 aromatic carbocycles. The van der Waals surface area contributed by atoms with E-state index >= 15 is 0 Å². The highest BCUT2D eigenvalue weighted by molar-refractivity contribution is 5.92. The molecule has 1 aliphatic carbocycles. The normalized spacial score (nSPS) is 28.1. The van der Waals surface area contributed by atoms with Gasteiger partial charge in [0.15, 0.2) is 5.82 Å². The summed E-state index contributed by atoms with van der Waals surface area (Å²) in [6.07, 6.45) is 2.40. The summed E-state index contributed by atoms with van der Waals surface area (Å²) in [5, 5.41) is 9.24. The highest BCUT2D eigenvalue weighted by Crippen LogP contribution is 2.45. The lowest BCUT2D eigenvalue weighted by Gasteiger charge is -2.28. The highest BCUT2D eigenvalue weighted by atomic mass is 19.1. The highest BCUT2D eigenvalue weighted by Gasteiger charge is 2.45. The van der Waals surface area contributed by atoms with Crippen LogP contribution in [0, 0.1) is 17.7 Å². The van der Waals surface area contributed by atoms with Crippen LogP contribution < -0.4 is 0 Å². The summed E-state index contributed by atoms with van der Waals surface area (Å²) < 4.78 is 21.9. The van der Waals surface area contributed by atoms with Crippen molar-refractivity contribution in [1.29, 1.82) is 0 Å². The van der Waals surface area contributed by atoms with Crippen LogP contribution in [0.1, 0.15) is 29.0 Å². The van der Waals surface area contributed by atoms with Crippen LogP contribution in [0.15, 0.2) is 12.1 Å². The van der Waals surface area contributed by atoms with Crippen molar-refractivity contribution >= 4 is 17.0 Å². The molecule has 132 valence electrons. The van der Waals surface area contributed by atoms with Gasteiger partial charge < -0.3 is 14.4 Å². The first kappa shape index (κ1) is 15.3. The van der Waals surface area contributed by atoms with E-state index in [9.17, 15) is 14.3 Å². The quantitative estimate of drug-likeness (QED) is 0.899. The lowest BCUT2D eigenvalue weighted by Crippen LogP contribution is -2.32. The van der Waals surface area contributed by atoms with E-state index in [0.717, 1.165) is 49.8 Å². The summed E-state index contributed by atoms with van der Waals surface area (Å²) in [7, 11) is 0. The summed E-state index contributed by atoms with van der Waals surface area (Å²) in [4.78, 5) is 18.2. The number of imidazole rings is 1. The van der Waals surface area contributed by atoms with Crippen LogP contribution in [0.4, 0.5) is 4.39 Å². The van der Waals surface area contributed by atoms with Crippen molar-refractivity contribution in [1.82, 2.24) is 14.5 Å². The van der Waals surface area contributed by atoms with Crippen LogP contribution >= 0.6 is 0 Å². The molecule has 2 saturated heterocycles. The predicted molar refractivity (Wildman–Crippen MR) is 87.9 cm³/mol. The Morgan fingerprint density at radius 3 is 2.76 bits per heavy atom. The third kappa shape index (κ3) is 2.62. The van der Waals surface area contributed by atoms with Crippen LogP contribution in [-0.4, -0.2) is 51.3 Å². The maximum absolute atomic E-state index is 14.4. The molecule has 1 N–H and O–H groups in total. The van der Waals surface area contributed by atoms with Crippen LogP contribution in [0.5, 0.6) is 0 Å². The molecular formula is C18H20FN3O3. The third-order valence-electron chi connectivity index (χ3n) is 5.73. The second-order valence-electron chi connectivity index (χ2n) is 7.50. The SMILES string of the molecule is O=C(O)c1cc(F)c2nc(CN3CC4CC4C3)n(CC3CCO3)c2c1. The van der Waals surface area contributed by atoms with E-state index in [-0.39, 0.29) is 17.2 Å². The van der Waals surface area contributed by atoms with Gasteiger partial charge in [0.1, 0.15) is 11.3 Å². The smallest absolute Gasteiger partial charge is 0.335 e. The van der Waals surface area contributed by atoms with Gasteiger partial charge in [-0.15, -0.1) is 0 Å². The fourth-order valence-corrected chi connectivity index (χ4v) is 4.13. The molecular weight excluding hydrogens is 325 g/mol. The molecule has 0 spiro atoms. The van der Waals surface area contributed by atoms with Crippen molar-refractivity contribution in [3.05, 3.63) is 29.3 Å². The molecule has 2 aliphatic heterocycles. The van der Waals surface area contributed by atoms with E-state index in [1.165, 1.54) is 12.5 Å². The minimum absolute atomic E-state index is 0.0466. The summed E-state index contributed by atoms with van der Waals surface area (Å²) in [5.41, 5.74) is 0.755. The van der Waals surface area contributed by atoms with Gasteiger partial charge in [-0.1, -0.05) is 0 Å². The molecule has 1 saturated carbocycles. The minimum Gasteiger partial charge on any atom is -0.478 e. The number of piperidine rings is 1. The Morgan fingerprint density at radius 1 is 1.36 bits per heavy atom. The number of carbonyl (C=O) groups is 1. The van der Waals surface area contributed by atoms with Crippen molar-refractivity contribution in [2.24, 2.45) is 11.8 Å². The summed E-state index contributed by atoms with van der Waals surface area (Å²) in [5.74, 6) is 0.739. The summed E-state index contributed by atoms with van der Waals surface area (Å²) in [6, 6.07) is 2.58. The van der Waals surface area contributed by atoms with Gasteiger partial charge in [-0.05, 0) is 36.8 Å². The molecule has 6 nitrogen and oxygen atoms in total. The molecule has 3 heterocycles. The van der Waals surface area contributed by atoms with Gasteiger partial charge in [0, 0.05) is 19.7 Å². The van der Waals surface area contributed by atoms with Crippen molar-refractivity contribution in [3.63, 3.8) is 0 Å². The van der Waals surface area contributed by atoms with E-state index in [1.807, 2.05) is 4.57 Å². The number of likely N-dealkylation sites (tertiary alicyclic amines) is 1. The summed E-state index contributed by atoms with van der Waals surface area (Å²) >= 11 is 0. The van der Waals surface area contributed by atoms with Crippen LogP contribution in [0.25, 0.3) is 11.0 Å². The minimum atomic E-state index is -1.13. The van der Waals surface area contributed by atoms with Crippen LogP contribution in [0.3, 0.4) is 0 Å². The fourth-order valence-electron chi connectivity index (χ4n) is 4.13. The zero-order valence-corrected chi connectivity index (χ0v) is 13.8. The second-order valence-corrected chi connectivity index (χ2v) is 7.50. The molecule has 0 bridgehead atoms. The fraction of sp³-hybridized carbons (Fsp3) is 0.556. The number of carboxylic acids is 1. The number of hydrogen-bond acceptors (Lipinski definition) is 4. The zero-order valence-electron chi connectivity index (χ0n) is 13.8. The Bertz CT molecular complexity index is 851. The Labute approximate surface area is 144 Å². The maximum Gasteiger partial charge on any atom is 0.335 e. The first-order valence-corrected chi connectivity index (χ1v) is 8.84. The first-order chi connectivity index (χ1) is 12.1. The average Bonchev–Trinajstić information content (AvgIpc) is 2.98. The number of nitrogens with zero attached hydrogens (tertiary/aromatic N) is 3. The molecule has 3 aliphatic rings. The van der Waals surface area contributed by atoms with Crippen molar-refractivity contribution in [2.75, 3.05) is 19.7 Å². The number of hydrogen-bond donors (Lipinski definition) is 1. The van der Waals surface area contributed by atoms with E-state index in [4.69, 9.17) is 4.74 Å². The lowest BCUT2D eigenvalue weighted by molar-refractivity contribution is -0.0591. The zero-order chi connectivity index (χ0) is 17.1. The molecule has 7 heteroatoms. The van der Waals surface area contributed by atoms with E-state index in [1.54, 1.807) is 0 Å². The Kier molecular flexibility index (Phi) is 3.36. The van der Waals surface area contributed by atoms with E-state index in [2.05, 4.69) is 9.88 Å². The van der Waals surface area contributed by atoms with Gasteiger partial charge >= 0.3 is 5.97 Å². The van der Waals surface area contributed by atoms with Gasteiger partial charge in [0.25, 0.3) is 0 Å². The number of carboxylic acid groups (broad SMARTS) is 1. The number of aromatic nitrogens is 2. The largest absolute Gasteiger partial charge is 0.478 e. The first-order valence-electron chi connectivity index (χ1n) is 8.84. The van der Waals surface area contributed by atoms with Gasteiger partial charge in [-0.25, -0.2) is 14.2 Å². The number of aromatic carboxylic acids is 1. The molecule has 3 unspecified atom stereocenters. The molecule has 2 aromatic rings. The Balaban J connectivity index is 1.55. The topological polar surface area (TPSA) is 67.6 Å². The molecule has 0 radical (unpaired) electrons. The van der Waals surface area contributed by atoms with Crippen molar-refractivity contribution < 1.29 is 19.0 Å². The molecule has 1 aromatic heterocycles. The van der Waals surface area contributed by atoms with Gasteiger partial charge in [0.05, 0.1) is 30.3 Å². The number of ether oxygens (including phenoxy) is 1. The summed E-state index contributed by atoms with van der Waals surface area (Å²) in [6.45, 7) is 4.18. The van der Waals surface area contributed by atoms with Gasteiger partial charge in [0.2, 0.25) is 0 Å². The number of fused-ring (bicyclic) bond motifs is 2. The van der Waals surface area contributed by atoms with Crippen molar-refractivity contribution in [2.45, 2.75) is 32.0 Å². The number of benzene rings is 1. The maximum atomic E-state index is 14.4. The lowest BCUT2D eigenvalue weighted by atomic mass is 10.1. The standard InChI is InChI=1S/C18H20FN3O3/c19-14-4-10(18(23)24)5-15-17(14)20-16(22(15)8-13-1-2-25-13)9-21-6-11-3-12(11)7-21/h4-5,11-13H,1-3,6-9H2,(H,23,24). The van der Waals surface area contributed by atoms with Crippen molar-refractivity contribution in [3.8, 4) is 0 Å². The van der Waals surface area contributed by atoms with E-state index in [0.29, 0.717) is 18.6 Å². The molecule has 3 atom stereocenters. The number of rotatable bonds is 5.